The Morgan fingerprint density at radius 3 is 0.593 bits per heavy atom. The normalized spacial score (nSPS) is 12.0. The largest absolute Gasteiger partial charge is 0.440 e. The quantitative estimate of drug-likeness (QED) is 0.124. The van der Waals surface area contributed by atoms with Crippen LogP contribution in [0.1, 0.15) is 214 Å². The minimum absolute atomic E-state index is 0. The van der Waals surface area contributed by atoms with Crippen molar-refractivity contribution in [2.45, 2.75) is 138 Å². The summed E-state index contributed by atoms with van der Waals surface area (Å²) >= 11 is 0. The van der Waals surface area contributed by atoms with Gasteiger partial charge in [0.15, 0.2) is 0 Å². The predicted octanol–water partition coefficient (Wildman–Crippen LogP) is 18.9. The molecule has 4 aliphatic rings. The van der Waals surface area contributed by atoms with Crippen LogP contribution in [0.15, 0.2) is 146 Å². The molecule has 0 saturated heterocycles. The van der Waals surface area contributed by atoms with Crippen LogP contribution in [0.5, 0.6) is 0 Å². The number of hydrogen-bond donors (Lipinski definition) is 0. The van der Waals surface area contributed by atoms with Gasteiger partial charge in [0, 0.05) is 164 Å². The van der Waals surface area contributed by atoms with E-state index in [0.29, 0.717) is 44.5 Å². The molecular weight excluding hydrogens is 1370 g/mol. The van der Waals surface area contributed by atoms with Crippen LogP contribution in [0.2, 0.25) is 0 Å². The molecule has 13 nitrogen and oxygen atoms in total. The van der Waals surface area contributed by atoms with Crippen LogP contribution >= 0.6 is 0 Å². The summed E-state index contributed by atoms with van der Waals surface area (Å²) in [6.45, 7) is 38.6. The number of carbonyl (C=O) groups is 8. The van der Waals surface area contributed by atoms with E-state index in [4.69, 9.17) is 0 Å². The van der Waals surface area contributed by atoms with Crippen molar-refractivity contribution in [1.29, 1.82) is 0 Å². The Balaban J connectivity index is -0.000000505. The van der Waals surface area contributed by atoms with Crippen molar-refractivity contribution in [3.63, 3.8) is 0 Å². The number of nitrogens with zero attached hydrogens (tertiary/aromatic N) is 5. The van der Waals surface area contributed by atoms with Gasteiger partial charge in [0.25, 0.3) is 11.8 Å². The van der Waals surface area contributed by atoms with Crippen LogP contribution < -0.4 is 0 Å². The summed E-state index contributed by atoms with van der Waals surface area (Å²) < 4.78 is 0. The maximum atomic E-state index is 12.6. The van der Waals surface area contributed by atoms with E-state index in [-0.39, 0.29) is 166 Å². The molecule has 4 heterocycles. The monoisotopic (exact) mass is 1460 g/mol. The Kier molecular flexibility index (Phi) is 47.2. The Labute approximate surface area is 620 Å². The minimum atomic E-state index is -0.339. The number of carbonyl (C=O) groups excluding carboxylic acids is 8. The Morgan fingerprint density at radius 1 is 0.308 bits per heavy atom. The molecule has 8 aromatic rings. The van der Waals surface area contributed by atoms with Crippen molar-refractivity contribution in [3.8, 4) is 0 Å². The van der Waals surface area contributed by atoms with E-state index in [2.05, 4.69) is 49.0 Å². The van der Waals surface area contributed by atoms with Gasteiger partial charge in [0.2, 0.25) is 35.4 Å². The molecule has 91 heavy (non-hydrogen) atoms. The summed E-state index contributed by atoms with van der Waals surface area (Å²) in [6.07, 6.45) is 0. The van der Waals surface area contributed by atoms with Crippen LogP contribution in [-0.4, -0.2) is 84.5 Å². The van der Waals surface area contributed by atoms with Crippen molar-refractivity contribution in [1.82, 2.24) is 24.5 Å². The van der Waals surface area contributed by atoms with Crippen LogP contribution in [0.4, 0.5) is 0 Å². The second-order valence-electron chi connectivity index (χ2n) is 18.5. The fourth-order valence-electron chi connectivity index (χ4n) is 8.80. The van der Waals surface area contributed by atoms with Gasteiger partial charge >= 0.3 is 0 Å². The van der Waals surface area contributed by atoms with E-state index in [9.17, 15) is 38.4 Å². The first-order chi connectivity index (χ1) is 41.8. The van der Waals surface area contributed by atoms with Crippen LogP contribution in [-0.2, 0) is 98.1 Å². The molecule has 0 atom stereocenters. The maximum absolute atomic E-state index is 12.6. The summed E-state index contributed by atoms with van der Waals surface area (Å²) in [5.41, 5.74) is 4.43. The maximum Gasteiger partial charge on any atom is 0.262 e. The van der Waals surface area contributed by atoms with E-state index < -0.39 is 0 Å². The Morgan fingerprint density at radius 2 is 0.451 bits per heavy atom. The summed E-state index contributed by atoms with van der Waals surface area (Å²) in [6, 6.07) is 43.7. The zero-order chi connectivity index (χ0) is 66.6. The van der Waals surface area contributed by atoms with Crippen molar-refractivity contribution in [2.75, 3.05) is 6.67 Å². The van der Waals surface area contributed by atoms with Crippen molar-refractivity contribution in [2.24, 2.45) is 5.92 Å². The third-order valence-corrected chi connectivity index (χ3v) is 12.5. The molecule has 12 rings (SSSR count). The molecule has 8 amide bonds. The van der Waals surface area contributed by atoms with E-state index in [1.165, 1.54) is 4.90 Å². The first-order valence-corrected chi connectivity index (χ1v) is 30.4. The average Bonchev–Trinajstić information content (AvgIpc) is 0.978. The molecule has 0 aliphatic carbocycles. The molecule has 0 unspecified atom stereocenters. The minimum Gasteiger partial charge on any atom is -0.440 e. The van der Waals surface area contributed by atoms with Gasteiger partial charge in [-0.15, -0.1) is 0 Å². The zero-order valence-electron chi connectivity index (χ0n) is 57.8. The van der Waals surface area contributed by atoms with Gasteiger partial charge in [-0.3, -0.25) is 50.3 Å². The Hall–Kier alpha value is -5.37. The second kappa shape index (κ2) is 46.7. The van der Waals surface area contributed by atoms with Crippen molar-refractivity contribution >= 4 is 90.3 Å². The first kappa shape index (κ1) is 92.0. The molecule has 483 valence electrons. The third-order valence-electron chi connectivity index (χ3n) is 12.5. The fraction of sp³-hybridized carbons (Fsp3) is 0.293. The van der Waals surface area contributed by atoms with E-state index in [0.717, 1.165) is 63.7 Å². The van der Waals surface area contributed by atoms with E-state index in [1.54, 1.807) is 53.4 Å². The average molecular weight is 1460 g/mol. The van der Waals surface area contributed by atoms with Crippen LogP contribution in [0, 0.1) is 41.5 Å². The SMILES string of the molecule is CC.CC.CC.CC.CC.CC.CC.CC(C)C.[CH2-]N(CN1C(=O)c2cccc3cccc(c23)C1=O)C(C)C.[CH2-]N1C(=O)c2cccc3cccc(c23)C1=O.[CH2-]N1C(=O)c2cccc3cccc(c23)C1=O.[CH2-]N1C(=O)c2cccc3cccc(c23)C1=O.[CH3-].[Y].[Y].[Y]. The molecule has 3 radical (unpaired) electrons. The van der Waals surface area contributed by atoms with E-state index in [1.807, 2.05) is 208 Å². The number of amides is 8. The topological polar surface area (TPSA) is 153 Å². The summed E-state index contributed by atoms with van der Waals surface area (Å²) in [5, 5.41) is 6.60. The van der Waals surface area contributed by atoms with Gasteiger partial charge in [-0.2, -0.15) is 0 Å². The van der Waals surface area contributed by atoms with Crippen LogP contribution in [0.25, 0.3) is 43.1 Å². The molecule has 16 heteroatoms. The van der Waals surface area contributed by atoms with Crippen molar-refractivity contribution < 1.29 is 136 Å². The summed E-state index contributed by atoms with van der Waals surface area (Å²) in [5.74, 6) is -1.70. The summed E-state index contributed by atoms with van der Waals surface area (Å²) in [7, 11) is 14.3. The van der Waals surface area contributed by atoms with E-state index >= 15 is 0 Å². The predicted molar refractivity (Wildman–Crippen MR) is 367 cm³/mol. The van der Waals surface area contributed by atoms with Crippen LogP contribution in [0.3, 0.4) is 0 Å². The van der Waals surface area contributed by atoms with Gasteiger partial charge in [0.1, 0.15) is 0 Å². The standard InChI is InChI=1S/C17H17N2O2.3C13H8NO2.C4H10.7C2H6.CH3.3Y/c1-11(2)18(3)10-19-16(20)13-8-4-6-12-7-5-9-14(15(12)13)17(19)21;3*1-14-12(15)9-6-2-4-8-5-3-7-10(11(8)9)13(14)16;1-4(2)3;7*1-2;;;;/h4-9,11H,3,10H2,1-2H3;3*2-7H,1H2;4H,1-3H3;7*1-2H3;1H3;;;/q4*-1;;;;;;;;;-1;;;. The molecule has 0 aromatic heterocycles. The first-order valence-electron chi connectivity index (χ1n) is 30.4. The molecule has 0 N–H and O–H groups in total. The number of benzene rings is 8. The summed E-state index contributed by atoms with van der Waals surface area (Å²) in [4.78, 5) is 102. The van der Waals surface area contributed by atoms with Gasteiger partial charge in [-0.1, -0.05) is 229 Å². The van der Waals surface area contributed by atoms with Gasteiger partial charge in [-0.25, -0.2) is 21.1 Å². The number of imide groups is 4. The van der Waals surface area contributed by atoms with Gasteiger partial charge in [-0.05, 0) is 82.0 Å². The molecular formula is C75H96N5O8Y3-5. The molecule has 0 bridgehead atoms. The fourth-order valence-corrected chi connectivity index (χ4v) is 8.80. The second-order valence-corrected chi connectivity index (χ2v) is 18.5. The third kappa shape index (κ3) is 21.8. The number of hydrogen-bond acceptors (Lipinski definition) is 9. The zero-order valence-corrected chi connectivity index (χ0v) is 66.3. The molecule has 0 saturated carbocycles. The van der Waals surface area contributed by atoms with Gasteiger partial charge in [0.05, 0.1) is 6.67 Å². The molecule has 0 spiro atoms. The number of rotatable bonds is 3. The molecule has 0 fully saturated rings. The molecule has 4 aliphatic heterocycles. The smallest absolute Gasteiger partial charge is 0.262 e. The van der Waals surface area contributed by atoms with Crippen molar-refractivity contribution in [3.05, 3.63) is 226 Å². The Bertz CT molecular complexity index is 3170. The molecule has 8 aromatic carbocycles. The van der Waals surface area contributed by atoms with Gasteiger partial charge < -0.3 is 27.0 Å².